The molecular formula is C14H18O3. The molecule has 1 rings (SSSR count). The van der Waals surface area contributed by atoms with Crippen molar-refractivity contribution in [3.8, 4) is 0 Å². The third-order valence-electron chi connectivity index (χ3n) is 2.16. The fourth-order valence-electron chi connectivity index (χ4n) is 1.30. The van der Waals surface area contributed by atoms with Crippen LogP contribution in [0.15, 0.2) is 43.0 Å². The van der Waals surface area contributed by atoms with Crippen LogP contribution >= 0.6 is 0 Å². The number of hydrogen-bond donors (Lipinski definition) is 0. The highest BCUT2D eigenvalue weighted by atomic mass is 16.5. The normalized spacial score (nSPS) is 9.88. The van der Waals surface area contributed by atoms with E-state index in [2.05, 4.69) is 6.58 Å². The number of carbonyl (C=O) groups is 1. The minimum atomic E-state index is -0.266. The molecule has 0 atom stereocenters. The Morgan fingerprint density at radius 2 is 1.88 bits per heavy atom. The maximum Gasteiger partial charge on any atom is 0.338 e. The number of esters is 1. The molecule has 3 nitrogen and oxygen atoms in total. The summed E-state index contributed by atoms with van der Waals surface area (Å²) < 4.78 is 10.3. The highest BCUT2D eigenvalue weighted by Gasteiger charge is 2.04. The van der Waals surface area contributed by atoms with Gasteiger partial charge in [-0.1, -0.05) is 24.3 Å². The summed E-state index contributed by atoms with van der Waals surface area (Å²) in [5, 5.41) is 0. The number of rotatable bonds is 8. The molecule has 92 valence electrons. The molecule has 0 saturated carbocycles. The minimum Gasteiger partial charge on any atom is -0.462 e. The summed E-state index contributed by atoms with van der Waals surface area (Å²) in [4.78, 5) is 11.5. The third-order valence-corrected chi connectivity index (χ3v) is 2.16. The zero-order chi connectivity index (χ0) is 12.3. The molecule has 0 N–H and O–H groups in total. The first-order valence-electron chi connectivity index (χ1n) is 5.75. The van der Waals surface area contributed by atoms with Crippen LogP contribution in [0.1, 0.15) is 23.2 Å². The van der Waals surface area contributed by atoms with Crippen molar-refractivity contribution in [3.05, 3.63) is 48.6 Å². The van der Waals surface area contributed by atoms with Gasteiger partial charge in [-0.25, -0.2) is 4.79 Å². The van der Waals surface area contributed by atoms with E-state index in [9.17, 15) is 4.79 Å². The first-order chi connectivity index (χ1) is 8.34. The van der Waals surface area contributed by atoms with E-state index in [0.29, 0.717) is 25.4 Å². The van der Waals surface area contributed by atoms with Crippen molar-refractivity contribution in [2.45, 2.75) is 12.8 Å². The Hall–Kier alpha value is -1.61. The topological polar surface area (TPSA) is 35.5 Å². The number of hydrogen-bond acceptors (Lipinski definition) is 3. The van der Waals surface area contributed by atoms with Crippen molar-refractivity contribution in [3.63, 3.8) is 0 Å². The molecule has 0 aliphatic heterocycles. The van der Waals surface area contributed by atoms with Crippen molar-refractivity contribution >= 4 is 5.97 Å². The molecule has 3 heteroatoms. The maximum absolute atomic E-state index is 11.5. The van der Waals surface area contributed by atoms with Crippen molar-refractivity contribution in [1.29, 1.82) is 0 Å². The van der Waals surface area contributed by atoms with E-state index in [1.807, 2.05) is 18.2 Å². The molecule has 0 radical (unpaired) electrons. The first-order valence-corrected chi connectivity index (χ1v) is 5.75. The fraction of sp³-hybridized carbons (Fsp3) is 0.357. The van der Waals surface area contributed by atoms with Gasteiger partial charge < -0.3 is 9.47 Å². The van der Waals surface area contributed by atoms with Crippen LogP contribution in [0.3, 0.4) is 0 Å². The van der Waals surface area contributed by atoms with Crippen LogP contribution in [-0.4, -0.2) is 25.8 Å². The van der Waals surface area contributed by atoms with E-state index in [0.717, 1.165) is 12.8 Å². The predicted molar refractivity (Wildman–Crippen MR) is 67.0 cm³/mol. The second-order valence-electron chi connectivity index (χ2n) is 3.57. The van der Waals surface area contributed by atoms with Crippen LogP contribution < -0.4 is 0 Å². The van der Waals surface area contributed by atoms with Crippen molar-refractivity contribution < 1.29 is 14.3 Å². The SMILES string of the molecule is C=CCOCCCCOC(=O)c1ccccc1. The molecule has 0 saturated heterocycles. The standard InChI is InChI=1S/C14H18O3/c1-2-10-16-11-6-7-12-17-14(15)13-8-4-3-5-9-13/h2-5,8-9H,1,6-7,10-12H2. The summed E-state index contributed by atoms with van der Waals surface area (Å²) in [7, 11) is 0. The fourth-order valence-corrected chi connectivity index (χ4v) is 1.30. The molecule has 1 aromatic rings. The largest absolute Gasteiger partial charge is 0.462 e. The highest BCUT2D eigenvalue weighted by molar-refractivity contribution is 5.89. The minimum absolute atomic E-state index is 0.266. The van der Waals surface area contributed by atoms with Crippen LogP contribution in [0, 0.1) is 0 Å². The van der Waals surface area contributed by atoms with Gasteiger partial charge in [-0.15, -0.1) is 6.58 Å². The number of benzene rings is 1. The van der Waals surface area contributed by atoms with Gasteiger partial charge in [0.2, 0.25) is 0 Å². The second kappa shape index (κ2) is 8.53. The Labute approximate surface area is 102 Å². The molecule has 0 fully saturated rings. The lowest BCUT2D eigenvalue weighted by Gasteiger charge is -2.04. The molecule has 0 heterocycles. The van der Waals surface area contributed by atoms with Gasteiger partial charge in [0.15, 0.2) is 0 Å². The Morgan fingerprint density at radius 3 is 2.59 bits per heavy atom. The van der Waals surface area contributed by atoms with E-state index in [4.69, 9.17) is 9.47 Å². The monoisotopic (exact) mass is 234 g/mol. The number of unbranched alkanes of at least 4 members (excludes halogenated alkanes) is 1. The summed E-state index contributed by atoms with van der Waals surface area (Å²) in [5.74, 6) is -0.266. The number of carbonyl (C=O) groups excluding carboxylic acids is 1. The first kappa shape index (κ1) is 13.5. The smallest absolute Gasteiger partial charge is 0.338 e. The highest BCUT2D eigenvalue weighted by Crippen LogP contribution is 2.02. The lowest BCUT2D eigenvalue weighted by Crippen LogP contribution is -2.07. The van der Waals surface area contributed by atoms with Crippen LogP contribution in [0.2, 0.25) is 0 Å². The molecule has 1 aromatic carbocycles. The van der Waals surface area contributed by atoms with Gasteiger partial charge in [-0.05, 0) is 25.0 Å². The van der Waals surface area contributed by atoms with E-state index < -0.39 is 0 Å². The third kappa shape index (κ3) is 5.88. The van der Waals surface area contributed by atoms with E-state index >= 15 is 0 Å². The van der Waals surface area contributed by atoms with Gasteiger partial charge in [0.1, 0.15) is 0 Å². The summed E-state index contributed by atoms with van der Waals surface area (Å²) in [6, 6.07) is 9.00. The second-order valence-corrected chi connectivity index (χ2v) is 3.57. The lowest BCUT2D eigenvalue weighted by molar-refractivity contribution is 0.0486. The molecule has 0 aliphatic carbocycles. The molecule has 0 bridgehead atoms. The zero-order valence-electron chi connectivity index (χ0n) is 9.93. The predicted octanol–water partition coefficient (Wildman–Crippen LogP) is 2.83. The quantitative estimate of drug-likeness (QED) is 0.394. The molecule has 0 spiro atoms. The van der Waals surface area contributed by atoms with Crippen LogP contribution in [0.4, 0.5) is 0 Å². The van der Waals surface area contributed by atoms with E-state index in [1.54, 1.807) is 18.2 Å². The van der Waals surface area contributed by atoms with Gasteiger partial charge in [-0.2, -0.15) is 0 Å². The van der Waals surface area contributed by atoms with Crippen LogP contribution in [0.25, 0.3) is 0 Å². The molecular weight excluding hydrogens is 216 g/mol. The summed E-state index contributed by atoms with van der Waals surface area (Å²) in [5.41, 5.74) is 0.593. The average Bonchev–Trinajstić information content (AvgIpc) is 2.38. The van der Waals surface area contributed by atoms with Crippen LogP contribution in [-0.2, 0) is 9.47 Å². The zero-order valence-corrected chi connectivity index (χ0v) is 9.93. The molecule has 0 unspecified atom stereocenters. The molecule has 17 heavy (non-hydrogen) atoms. The Balaban J connectivity index is 2.07. The average molecular weight is 234 g/mol. The van der Waals surface area contributed by atoms with Crippen molar-refractivity contribution in [2.75, 3.05) is 19.8 Å². The summed E-state index contributed by atoms with van der Waals surface area (Å²) in [6.45, 7) is 5.24. The van der Waals surface area contributed by atoms with E-state index in [-0.39, 0.29) is 5.97 Å². The van der Waals surface area contributed by atoms with Gasteiger partial charge in [-0.3, -0.25) is 0 Å². The maximum atomic E-state index is 11.5. The van der Waals surface area contributed by atoms with Gasteiger partial charge in [0.05, 0.1) is 18.8 Å². The Morgan fingerprint density at radius 1 is 1.18 bits per heavy atom. The molecule has 0 amide bonds. The molecule has 0 aromatic heterocycles. The Bertz CT molecular complexity index is 333. The van der Waals surface area contributed by atoms with Crippen molar-refractivity contribution in [1.82, 2.24) is 0 Å². The number of ether oxygens (including phenoxy) is 2. The Kier molecular flexibility index (Phi) is 6.75. The summed E-state index contributed by atoms with van der Waals surface area (Å²) >= 11 is 0. The van der Waals surface area contributed by atoms with Crippen LogP contribution in [0.5, 0.6) is 0 Å². The van der Waals surface area contributed by atoms with Gasteiger partial charge >= 0.3 is 5.97 Å². The molecule has 0 aliphatic rings. The van der Waals surface area contributed by atoms with Gasteiger partial charge in [0, 0.05) is 6.61 Å². The van der Waals surface area contributed by atoms with E-state index in [1.165, 1.54) is 0 Å². The summed E-state index contributed by atoms with van der Waals surface area (Å²) in [6.07, 6.45) is 3.42. The lowest BCUT2D eigenvalue weighted by atomic mass is 10.2. The van der Waals surface area contributed by atoms with Crippen molar-refractivity contribution in [2.24, 2.45) is 0 Å². The van der Waals surface area contributed by atoms with Gasteiger partial charge in [0.25, 0.3) is 0 Å².